The number of likely N-dealkylation sites (tertiary alicyclic amines) is 1. The van der Waals surface area contributed by atoms with Gasteiger partial charge in [0, 0.05) is 20.1 Å². The van der Waals surface area contributed by atoms with E-state index in [-0.39, 0.29) is 17.9 Å². The Labute approximate surface area is 223 Å². The van der Waals surface area contributed by atoms with Crippen LogP contribution in [0.4, 0.5) is 4.79 Å². The predicted octanol–water partition coefficient (Wildman–Crippen LogP) is 5.60. The fourth-order valence-electron chi connectivity index (χ4n) is 5.56. The van der Waals surface area contributed by atoms with Gasteiger partial charge in [0.1, 0.15) is 11.0 Å². The zero-order valence-corrected chi connectivity index (χ0v) is 23.1. The third kappa shape index (κ3) is 7.57. The van der Waals surface area contributed by atoms with Crippen molar-refractivity contribution in [3.05, 3.63) is 71.8 Å². The topological polar surface area (TPSA) is 75.9 Å². The number of benzene rings is 2. The monoisotopic (exact) mass is 507 g/mol. The van der Waals surface area contributed by atoms with Gasteiger partial charge < -0.3 is 20.3 Å². The number of carbonyl (C=O) groups excluding carboxylic acids is 2. The van der Waals surface area contributed by atoms with Gasteiger partial charge in [-0.25, -0.2) is 4.79 Å². The maximum absolute atomic E-state index is 13.2. The second-order valence-electron chi connectivity index (χ2n) is 11.4. The highest BCUT2D eigenvalue weighted by atomic mass is 16.6. The van der Waals surface area contributed by atoms with Crippen molar-refractivity contribution < 1.29 is 14.3 Å². The summed E-state index contributed by atoms with van der Waals surface area (Å²) in [6.45, 7) is 9.27. The molecule has 37 heavy (non-hydrogen) atoms. The molecule has 1 atom stereocenters. The lowest BCUT2D eigenvalue weighted by Gasteiger charge is -2.37. The lowest BCUT2D eigenvalue weighted by Crippen LogP contribution is -2.49. The molecule has 1 saturated heterocycles. The van der Waals surface area contributed by atoms with E-state index in [1.807, 2.05) is 81.4 Å². The smallest absolute Gasteiger partial charge is 0.410 e. The van der Waals surface area contributed by atoms with Crippen molar-refractivity contribution in [3.8, 4) is 0 Å². The van der Waals surface area contributed by atoms with E-state index in [2.05, 4.69) is 4.90 Å². The number of nitrogens with zero attached hydrogens (tertiary/aromatic N) is 2. The van der Waals surface area contributed by atoms with Crippen LogP contribution in [0.3, 0.4) is 0 Å². The van der Waals surface area contributed by atoms with Gasteiger partial charge in [-0.1, -0.05) is 79.9 Å². The van der Waals surface area contributed by atoms with E-state index in [9.17, 15) is 9.59 Å². The van der Waals surface area contributed by atoms with Crippen LogP contribution in [0.25, 0.3) is 0 Å². The average molecular weight is 508 g/mol. The van der Waals surface area contributed by atoms with E-state index in [1.165, 1.54) is 0 Å². The minimum Gasteiger partial charge on any atom is -0.444 e. The molecule has 1 fully saturated rings. The standard InChI is InChI=1S/C31H45N3O3/c1-30(2,3)37-29(36)33(4)21-14-6-5-7-15-22-34-23-20-27(24-34)31(28(32)35,25-16-10-8-11-17-25)26-18-12-9-13-19-26/h8-13,16-19,27H,5-7,14-15,20-24H2,1-4H3,(H2,32,35)/t27-/m0/s1. The molecule has 2 aromatic carbocycles. The van der Waals surface area contributed by atoms with Crippen LogP contribution in [-0.4, -0.2) is 60.6 Å². The Morgan fingerprint density at radius 1 is 0.919 bits per heavy atom. The van der Waals surface area contributed by atoms with Gasteiger partial charge in [0.25, 0.3) is 0 Å². The Bertz CT molecular complexity index is 948. The normalized spacial score (nSPS) is 16.5. The molecule has 2 aromatic rings. The number of hydrogen-bond acceptors (Lipinski definition) is 4. The number of carbonyl (C=O) groups is 2. The number of nitrogens with two attached hydrogens (primary N) is 1. The molecule has 0 aliphatic carbocycles. The maximum Gasteiger partial charge on any atom is 0.410 e. The van der Waals surface area contributed by atoms with Crippen molar-refractivity contribution in [1.82, 2.24) is 9.80 Å². The molecule has 0 saturated carbocycles. The minimum absolute atomic E-state index is 0.137. The van der Waals surface area contributed by atoms with Crippen LogP contribution in [0.1, 0.15) is 70.4 Å². The predicted molar refractivity (Wildman–Crippen MR) is 149 cm³/mol. The maximum atomic E-state index is 13.2. The summed E-state index contributed by atoms with van der Waals surface area (Å²) in [4.78, 5) is 29.4. The van der Waals surface area contributed by atoms with Gasteiger partial charge in [0.15, 0.2) is 0 Å². The summed E-state index contributed by atoms with van der Waals surface area (Å²) in [5.74, 6) is -0.133. The van der Waals surface area contributed by atoms with Crippen LogP contribution < -0.4 is 5.73 Å². The first kappa shape index (κ1) is 28.7. The lowest BCUT2D eigenvalue weighted by molar-refractivity contribution is -0.123. The van der Waals surface area contributed by atoms with Gasteiger partial charge in [0.2, 0.25) is 5.91 Å². The molecule has 0 unspecified atom stereocenters. The molecule has 0 bridgehead atoms. The van der Waals surface area contributed by atoms with Crippen LogP contribution in [0.15, 0.2) is 60.7 Å². The fraction of sp³-hybridized carbons (Fsp3) is 0.548. The first-order chi connectivity index (χ1) is 17.6. The molecule has 2 amide bonds. The SMILES string of the molecule is CN(CCCCCCCN1CC[C@H](C(C(N)=O)(c2ccccc2)c2ccccc2)C1)C(=O)OC(C)(C)C. The quantitative estimate of drug-likeness (QED) is 0.380. The van der Waals surface area contributed by atoms with E-state index in [1.54, 1.807) is 11.9 Å². The first-order valence-electron chi connectivity index (χ1n) is 13.7. The molecule has 202 valence electrons. The summed E-state index contributed by atoms with van der Waals surface area (Å²) in [5.41, 5.74) is 6.89. The number of ether oxygens (including phenoxy) is 1. The number of unbranched alkanes of at least 4 members (excludes halogenated alkanes) is 4. The van der Waals surface area contributed by atoms with Crippen LogP contribution in [-0.2, 0) is 14.9 Å². The molecule has 0 spiro atoms. The van der Waals surface area contributed by atoms with Crippen LogP contribution in [0.5, 0.6) is 0 Å². The average Bonchev–Trinajstić information content (AvgIpc) is 3.33. The molecule has 2 N–H and O–H groups in total. The summed E-state index contributed by atoms with van der Waals surface area (Å²) in [6, 6.07) is 20.1. The zero-order valence-electron chi connectivity index (χ0n) is 23.1. The van der Waals surface area contributed by atoms with Crippen molar-refractivity contribution in [3.63, 3.8) is 0 Å². The Hall–Kier alpha value is -2.86. The molecule has 6 nitrogen and oxygen atoms in total. The molecule has 3 rings (SSSR count). The first-order valence-corrected chi connectivity index (χ1v) is 13.7. The summed E-state index contributed by atoms with van der Waals surface area (Å²) in [5, 5.41) is 0. The van der Waals surface area contributed by atoms with Crippen molar-refractivity contribution in [2.24, 2.45) is 11.7 Å². The van der Waals surface area contributed by atoms with E-state index < -0.39 is 11.0 Å². The second-order valence-corrected chi connectivity index (χ2v) is 11.4. The van der Waals surface area contributed by atoms with Crippen molar-refractivity contribution >= 4 is 12.0 Å². The van der Waals surface area contributed by atoms with Gasteiger partial charge in [-0.3, -0.25) is 4.79 Å². The molecular weight excluding hydrogens is 462 g/mol. The minimum atomic E-state index is -0.822. The van der Waals surface area contributed by atoms with E-state index in [0.29, 0.717) is 0 Å². The van der Waals surface area contributed by atoms with Gasteiger partial charge in [-0.15, -0.1) is 0 Å². The van der Waals surface area contributed by atoms with Crippen LogP contribution in [0, 0.1) is 5.92 Å². The number of primary amides is 1. The van der Waals surface area contributed by atoms with Gasteiger partial charge >= 0.3 is 6.09 Å². The summed E-state index contributed by atoms with van der Waals surface area (Å²) >= 11 is 0. The second kappa shape index (κ2) is 13.1. The van der Waals surface area contributed by atoms with E-state index >= 15 is 0 Å². The zero-order chi connectivity index (χ0) is 26.9. The summed E-state index contributed by atoms with van der Waals surface area (Å²) < 4.78 is 5.41. The van der Waals surface area contributed by atoms with Crippen LogP contribution >= 0.6 is 0 Å². The van der Waals surface area contributed by atoms with Gasteiger partial charge in [-0.05, 0) is 70.2 Å². The highest BCUT2D eigenvalue weighted by molar-refractivity contribution is 5.91. The van der Waals surface area contributed by atoms with Crippen molar-refractivity contribution in [1.29, 1.82) is 0 Å². The highest BCUT2D eigenvalue weighted by Gasteiger charge is 2.49. The summed E-state index contributed by atoms with van der Waals surface area (Å²) in [7, 11) is 1.80. The largest absolute Gasteiger partial charge is 0.444 e. The Kier molecular flexibility index (Phi) is 10.2. The molecule has 6 heteroatoms. The van der Waals surface area contributed by atoms with Gasteiger partial charge in [0.05, 0.1) is 0 Å². The van der Waals surface area contributed by atoms with Gasteiger partial charge in [-0.2, -0.15) is 0 Å². The van der Waals surface area contributed by atoms with Crippen LogP contribution in [0.2, 0.25) is 0 Å². The summed E-state index contributed by atoms with van der Waals surface area (Å²) in [6.07, 6.45) is 6.22. The molecule has 1 aliphatic heterocycles. The number of hydrogen-bond donors (Lipinski definition) is 1. The molecule has 1 heterocycles. The molecular formula is C31H45N3O3. The fourth-order valence-corrected chi connectivity index (χ4v) is 5.56. The number of rotatable bonds is 12. The third-order valence-electron chi connectivity index (χ3n) is 7.40. The lowest BCUT2D eigenvalue weighted by atomic mass is 9.64. The Morgan fingerprint density at radius 3 is 2.00 bits per heavy atom. The van der Waals surface area contributed by atoms with E-state index in [0.717, 1.165) is 75.8 Å². The molecule has 1 aliphatic rings. The van der Waals surface area contributed by atoms with E-state index in [4.69, 9.17) is 10.5 Å². The molecule has 0 aromatic heterocycles. The van der Waals surface area contributed by atoms with Crippen molar-refractivity contribution in [2.45, 2.75) is 70.3 Å². The Balaban J connectivity index is 1.49. The van der Waals surface area contributed by atoms with Crippen molar-refractivity contribution in [2.75, 3.05) is 33.2 Å². The Morgan fingerprint density at radius 2 is 1.46 bits per heavy atom. The molecule has 0 radical (unpaired) electrons. The highest BCUT2D eigenvalue weighted by Crippen LogP contribution is 2.43. The third-order valence-corrected chi connectivity index (χ3v) is 7.40. The number of amides is 2.